The third-order valence-electron chi connectivity index (χ3n) is 3.68. The van der Waals surface area contributed by atoms with Gasteiger partial charge < -0.3 is 9.64 Å². The molecule has 2 heterocycles. The molecule has 1 aromatic carbocycles. The SMILES string of the molecule is COc1ccc2ccnc(N3CCC(Br)CC3)c2c1. The van der Waals surface area contributed by atoms with Gasteiger partial charge in [-0.2, -0.15) is 0 Å². The summed E-state index contributed by atoms with van der Waals surface area (Å²) in [6.45, 7) is 2.11. The third-order valence-corrected chi connectivity index (χ3v) is 4.59. The predicted octanol–water partition coefficient (Wildman–Crippen LogP) is 3.61. The molecule has 0 unspecified atom stereocenters. The van der Waals surface area contributed by atoms with Crippen LogP contribution in [-0.4, -0.2) is 30.0 Å². The number of benzene rings is 1. The number of rotatable bonds is 2. The Hall–Kier alpha value is -1.29. The van der Waals surface area contributed by atoms with Gasteiger partial charge in [-0.3, -0.25) is 0 Å². The van der Waals surface area contributed by atoms with E-state index in [1.807, 2.05) is 12.3 Å². The molecule has 3 nitrogen and oxygen atoms in total. The molecular weight excluding hydrogens is 304 g/mol. The highest BCUT2D eigenvalue weighted by molar-refractivity contribution is 9.09. The summed E-state index contributed by atoms with van der Waals surface area (Å²) >= 11 is 3.69. The van der Waals surface area contributed by atoms with E-state index < -0.39 is 0 Å². The number of hydrogen-bond acceptors (Lipinski definition) is 3. The Balaban J connectivity index is 2.02. The first-order chi connectivity index (χ1) is 9.28. The van der Waals surface area contributed by atoms with Gasteiger partial charge in [-0.05, 0) is 36.4 Å². The lowest BCUT2D eigenvalue weighted by Gasteiger charge is -2.31. The maximum atomic E-state index is 5.33. The molecule has 0 spiro atoms. The Morgan fingerprint density at radius 2 is 2.05 bits per heavy atom. The summed E-state index contributed by atoms with van der Waals surface area (Å²) in [6, 6.07) is 8.22. The van der Waals surface area contributed by atoms with Crippen LogP contribution in [0.1, 0.15) is 12.8 Å². The van der Waals surface area contributed by atoms with Crippen molar-refractivity contribution < 1.29 is 4.74 Å². The van der Waals surface area contributed by atoms with Crippen LogP contribution in [0.15, 0.2) is 30.5 Å². The van der Waals surface area contributed by atoms with Crippen molar-refractivity contribution >= 4 is 32.5 Å². The maximum absolute atomic E-state index is 5.33. The average molecular weight is 321 g/mol. The van der Waals surface area contributed by atoms with Crippen molar-refractivity contribution in [3.8, 4) is 5.75 Å². The molecule has 19 heavy (non-hydrogen) atoms. The Bertz CT molecular complexity index is 579. The van der Waals surface area contributed by atoms with E-state index >= 15 is 0 Å². The molecule has 3 rings (SSSR count). The number of halogens is 1. The Morgan fingerprint density at radius 1 is 1.26 bits per heavy atom. The fourth-order valence-corrected chi connectivity index (χ4v) is 2.98. The number of aromatic nitrogens is 1. The molecule has 4 heteroatoms. The number of anilines is 1. The zero-order valence-electron chi connectivity index (χ0n) is 11.0. The van der Waals surface area contributed by atoms with Crippen LogP contribution in [0.2, 0.25) is 0 Å². The lowest BCUT2D eigenvalue weighted by atomic mass is 10.1. The summed E-state index contributed by atoms with van der Waals surface area (Å²) in [6.07, 6.45) is 4.23. The first-order valence-corrected chi connectivity index (χ1v) is 7.51. The van der Waals surface area contributed by atoms with Crippen LogP contribution in [-0.2, 0) is 0 Å². The first-order valence-electron chi connectivity index (χ1n) is 6.59. The third kappa shape index (κ3) is 2.54. The Labute approximate surface area is 121 Å². The van der Waals surface area contributed by atoms with E-state index in [2.05, 4.69) is 44.0 Å². The number of pyridine rings is 1. The van der Waals surface area contributed by atoms with Crippen LogP contribution >= 0.6 is 15.9 Å². The molecule has 1 saturated heterocycles. The average Bonchev–Trinajstić information content (AvgIpc) is 2.47. The second-order valence-corrected chi connectivity index (χ2v) is 6.18. The summed E-state index contributed by atoms with van der Waals surface area (Å²) < 4.78 is 5.33. The highest BCUT2D eigenvalue weighted by atomic mass is 79.9. The largest absolute Gasteiger partial charge is 0.497 e. The highest BCUT2D eigenvalue weighted by Crippen LogP contribution is 2.30. The number of fused-ring (bicyclic) bond motifs is 1. The van der Waals surface area contributed by atoms with E-state index in [1.165, 1.54) is 23.6 Å². The van der Waals surface area contributed by atoms with Crippen molar-refractivity contribution in [1.29, 1.82) is 0 Å². The fraction of sp³-hybridized carbons (Fsp3) is 0.400. The number of methoxy groups -OCH3 is 1. The molecule has 0 aliphatic carbocycles. The van der Waals surface area contributed by atoms with Gasteiger partial charge in [-0.1, -0.05) is 22.0 Å². The minimum atomic E-state index is 0.647. The van der Waals surface area contributed by atoms with Gasteiger partial charge in [0.05, 0.1) is 7.11 Å². The number of hydrogen-bond donors (Lipinski definition) is 0. The zero-order valence-corrected chi connectivity index (χ0v) is 12.6. The van der Waals surface area contributed by atoms with E-state index in [-0.39, 0.29) is 0 Å². The van der Waals surface area contributed by atoms with Gasteiger partial charge >= 0.3 is 0 Å². The Morgan fingerprint density at radius 3 is 2.79 bits per heavy atom. The summed E-state index contributed by atoms with van der Waals surface area (Å²) in [4.78, 5) is 7.61. The van der Waals surface area contributed by atoms with Gasteiger partial charge in [0.2, 0.25) is 0 Å². The molecule has 0 radical (unpaired) electrons. The van der Waals surface area contributed by atoms with Gasteiger partial charge in [-0.25, -0.2) is 4.98 Å². The standard InChI is InChI=1S/C15H17BrN2O/c1-19-13-3-2-11-4-7-17-15(14(11)10-13)18-8-5-12(16)6-9-18/h2-4,7,10,12H,5-6,8-9H2,1H3. The smallest absolute Gasteiger partial charge is 0.136 e. The highest BCUT2D eigenvalue weighted by Gasteiger charge is 2.19. The molecule has 1 aliphatic rings. The molecule has 2 aromatic rings. The summed E-state index contributed by atoms with van der Waals surface area (Å²) in [7, 11) is 1.70. The van der Waals surface area contributed by atoms with Crippen molar-refractivity contribution in [1.82, 2.24) is 4.98 Å². The van der Waals surface area contributed by atoms with Crippen LogP contribution in [0, 0.1) is 0 Å². The van der Waals surface area contributed by atoms with Gasteiger partial charge in [0.15, 0.2) is 0 Å². The topological polar surface area (TPSA) is 25.4 Å². The normalized spacial score (nSPS) is 16.8. The van der Waals surface area contributed by atoms with Crippen LogP contribution in [0.3, 0.4) is 0 Å². The molecule has 0 N–H and O–H groups in total. The van der Waals surface area contributed by atoms with Crippen LogP contribution in [0.4, 0.5) is 5.82 Å². The molecule has 0 bridgehead atoms. The van der Waals surface area contributed by atoms with Gasteiger partial charge in [0.25, 0.3) is 0 Å². The predicted molar refractivity (Wildman–Crippen MR) is 82.5 cm³/mol. The second-order valence-electron chi connectivity index (χ2n) is 4.88. The number of alkyl halides is 1. The molecule has 0 atom stereocenters. The van der Waals surface area contributed by atoms with Crippen molar-refractivity contribution in [2.75, 3.05) is 25.1 Å². The molecule has 1 aromatic heterocycles. The van der Waals surface area contributed by atoms with Gasteiger partial charge in [0.1, 0.15) is 11.6 Å². The van der Waals surface area contributed by atoms with E-state index in [1.54, 1.807) is 7.11 Å². The second kappa shape index (κ2) is 5.37. The van der Waals surface area contributed by atoms with Crippen molar-refractivity contribution in [2.45, 2.75) is 17.7 Å². The molecular formula is C15H17BrN2O. The van der Waals surface area contributed by atoms with E-state index in [0.29, 0.717) is 4.83 Å². The van der Waals surface area contributed by atoms with Crippen LogP contribution < -0.4 is 9.64 Å². The fourth-order valence-electron chi connectivity index (χ4n) is 2.57. The van der Waals surface area contributed by atoms with Gasteiger partial charge in [-0.15, -0.1) is 0 Å². The molecule has 1 aliphatic heterocycles. The zero-order chi connectivity index (χ0) is 13.2. The summed E-state index contributed by atoms with van der Waals surface area (Å²) in [5, 5.41) is 2.39. The molecule has 1 fully saturated rings. The van der Waals surface area contributed by atoms with Crippen molar-refractivity contribution in [2.24, 2.45) is 0 Å². The summed E-state index contributed by atoms with van der Waals surface area (Å²) in [5.74, 6) is 1.97. The van der Waals surface area contributed by atoms with Gasteiger partial charge in [0, 0.05) is 29.5 Å². The van der Waals surface area contributed by atoms with Crippen molar-refractivity contribution in [3.05, 3.63) is 30.5 Å². The van der Waals surface area contributed by atoms with E-state index in [0.717, 1.165) is 24.7 Å². The molecule has 0 saturated carbocycles. The van der Waals surface area contributed by atoms with Crippen molar-refractivity contribution in [3.63, 3.8) is 0 Å². The Kier molecular flexibility index (Phi) is 3.60. The number of ether oxygens (including phenoxy) is 1. The minimum absolute atomic E-state index is 0.647. The lowest BCUT2D eigenvalue weighted by molar-refractivity contribution is 0.415. The maximum Gasteiger partial charge on any atom is 0.136 e. The quantitative estimate of drug-likeness (QED) is 0.790. The van der Waals surface area contributed by atoms with E-state index in [9.17, 15) is 0 Å². The lowest BCUT2D eigenvalue weighted by Crippen LogP contribution is -2.34. The first kappa shape index (κ1) is 12.7. The minimum Gasteiger partial charge on any atom is -0.497 e. The number of nitrogens with zero attached hydrogens (tertiary/aromatic N) is 2. The molecule has 0 amide bonds. The number of piperidine rings is 1. The molecule has 100 valence electrons. The summed E-state index contributed by atoms with van der Waals surface area (Å²) in [5.41, 5.74) is 0. The van der Waals surface area contributed by atoms with Crippen LogP contribution in [0.5, 0.6) is 5.75 Å². The van der Waals surface area contributed by atoms with E-state index in [4.69, 9.17) is 4.74 Å². The monoisotopic (exact) mass is 320 g/mol. The van der Waals surface area contributed by atoms with Crippen LogP contribution in [0.25, 0.3) is 10.8 Å².